The van der Waals surface area contributed by atoms with E-state index in [9.17, 15) is 4.79 Å². The fraction of sp³-hybridized carbons (Fsp3) is 0.682. The van der Waals surface area contributed by atoms with Crippen molar-refractivity contribution in [2.75, 3.05) is 6.54 Å². The van der Waals surface area contributed by atoms with Crippen molar-refractivity contribution in [3.8, 4) is 0 Å². The molecule has 4 atom stereocenters. The maximum Gasteiger partial charge on any atom is 0.237 e. The molecule has 1 aromatic carbocycles. The molecule has 3 aliphatic rings. The van der Waals surface area contributed by atoms with Crippen LogP contribution in [-0.2, 0) is 17.8 Å². The van der Waals surface area contributed by atoms with E-state index in [0.29, 0.717) is 12.0 Å². The molecule has 3 fully saturated rings. The lowest BCUT2D eigenvalue weighted by molar-refractivity contribution is -0.133. The maximum atomic E-state index is 12.2. The van der Waals surface area contributed by atoms with Crippen LogP contribution in [0.5, 0.6) is 0 Å². The smallest absolute Gasteiger partial charge is 0.237 e. The maximum absolute atomic E-state index is 12.2. The molecule has 4 nitrogen and oxygen atoms in total. The standard InChI is InChI=1S/C22H33N3O/c1-2-18-9-6-12-25(18)15-17-8-5-7-16(13-17)14-21-19-10-3-4-11-20(19)22(26)24-23-21/h5,7-8,13,18-21,23H,2-4,6,9-12,14-15H2,1H3,(H,24,26). The summed E-state index contributed by atoms with van der Waals surface area (Å²) in [5.74, 6) is 0.914. The first kappa shape index (κ1) is 18.0. The van der Waals surface area contributed by atoms with Crippen LogP contribution in [0, 0.1) is 11.8 Å². The summed E-state index contributed by atoms with van der Waals surface area (Å²) >= 11 is 0. The Hall–Kier alpha value is -1.39. The number of likely N-dealkylation sites (tertiary alicyclic amines) is 1. The van der Waals surface area contributed by atoms with E-state index in [1.807, 2.05) is 0 Å². The Morgan fingerprint density at radius 2 is 1.96 bits per heavy atom. The molecule has 1 aromatic rings. The third kappa shape index (κ3) is 3.81. The minimum atomic E-state index is 0.208. The molecule has 1 amide bonds. The van der Waals surface area contributed by atoms with Gasteiger partial charge in [0.25, 0.3) is 0 Å². The second kappa shape index (κ2) is 8.10. The second-order valence-electron chi connectivity index (χ2n) is 8.49. The average molecular weight is 356 g/mol. The van der Waals surface area contributed by atoms with Crippen molar-refractivity contribution in [2.45, 2.75) is 76.9 Å². The molecule has 4 rings (SSSR count). The van der Waals surface area contributed by atoms with Gasteiger partial charge in [-0.25, -0.2) is 5.43 Å². The minimum Gasteiger partial charge on any atom is -0.296 e. The van der Waals surface area contributed by atoms with Gasteiger partial charge in [-0.3, -0.25) is 15.1 Å². The third-order valence-corrected chi connectivity index (χ3v) is 6.86. The van der Waals surface area contributed by atoms with Gasteiger partial charge >= 0.3 is 0 Å². The van der Waals surface area contributed by atoms with E-state index < -0.39 is 0 Å². The Morgan fingerprint density at radius 3 is 2.85 bits per heavy atom. The predicted molar refractivity (Wildman–Crippen MR) is 104 cm³/mol. The van der Waals surface area contributed by atoms with Crippen molar-refractivity contribution in [2.24, 2.45) is 11.8 Å². The molecule has 0 bridgehead atoms. The van der Waals surface area contributed by atoms with E-state index in [1.54, 1.807) is 0 Å². The highest BCUT2D eigenvalue weighted by molar-refractivity contribution is 5.79. The van der Waals surface area contributed by atoms with Gasteiger partial charge < -0.3 is 0 Å². The molecule has 4 heteroatoms. The molecule has 1 aliphatic carbocycles. The number of nitrogens with zero attached hydrogens (tertiary/aromatic N) is 1. The van der Waals surface area contributed by atoms with Gasteiger partial charge in [-0.1, -0.05) is 44.0 Å². The fourth-order valence-corrected chi connectivity index (χ4v) is 5.44. The number of hydrogen-bond acceptors (Lipinski definition) is 3. The van der Waals surface area contributed by atoms with E-state index in [4.69, 9.17) is 0 Å². The van der Waals surface area contributed by atoms with Crippen LogP contribution < -0.4 is 10.9 Å². The number of carbonyl (C=O) groups excluding carboxylic acids is 1. The van der Waals surface area contributed by atoms with Crippen LogP contribution in [0.1, 0.15) is 63.0 Å². The van der Waals surface area contributed by atoms with Crippen LogP contribution in [0.4, 0.5) is 0 Å². The highest BCUT2D eigenvalue weighted by atomic mass is 16.2. The highest BCUT2D eigenvalue weighted by Gasteiger charge is 2.39. The summed E-state index contributed by atoms with van der Waals surface area (Å²) in [4.78, 5) is 14.8. The van der Waals surface area contributed by atoms with Crippen LogP contribution in [-0.4, -0.2) is 29.4 Å². The number of hydrazine groups is 1. The van der Waals surface area contributed by atoms with Gasteiger partial charge in [0.1, 0.15) is 0 Å². The van der Waals surface area contributed by atoms with Gasteiger partial charge in [-0.15, -0.1) is 0 Å². The van der Waals surface area contributed by atoms with Crippen LogP contribution in [0.3, 0.4) is 0 Å². The van der Waals surface area contributed by atoms with Crippen molar-refractivity contribution >= 4 is 5.91 Å². The highest BCUT2D eigenvalue weighted by Crippen LogP contribution is 2.35. The van der Waals surface area contributed by atoms with Crippen LogP contribution in [0.25, 0.3) is 0 Å². The van der Waals surface area contributed by atoms with Gasteiger partial charge in [0.05, 0.1) is 0 Å². The molecule has 0 spiro atoms. The zero-order valence-electron chi connectivity index (χ0n) is 16.0. The monoisotopic (exact) mass is 355 g/mol. The van der Waals surface area contributed by atoms with Gasteiger partial charge in [-0.05, 0) is 62.1 Å². The van der Waals surface area contributed by atoms with Crippen molar-refractivity contribution < 1.29 is 4.79 Å². The Labute approximate surface area is 157 Å². The van der Waals surface area contributed by atoms with Gasteiger partial charge in [0, 0.05) is 24.5 Å². The number of amides is 1. The Kier molecular flexibility index (Phi) is 5.60. The van der Waals surface area contributed by atoms with Crippen LogP contribution >= 0.6 is 0 Å². The van der Waals surface area contributed by atoms with Crippen molar-refractivity contribution in [3.05, 3.63) is 35.4 Å². The third-order valence-electron chi connectivity index (χ3n) is 6.86. The molecular weight excluding hydrogens is 322 g/mol. The lowest BCUT2D eigenvalue weighted by atomic mass is 9.72. The minimum absolute atomic E-state index is 0.208. The zero-order chi connectivity index (χ0) is 17.9. The molecule has 2 aliphatic heterocycles. The number of nitrogens with one attached hydrogen (secondary N) is 2. The first-order valence-electron chi connectivity index (χ1n) is 10.6. The number of fused-ring (bicyclic) bond motifs is 1. The molecule has 0 aromatic heterocycles. The number of carbonyl (C=O) groups is 1. The summed E-state index contributed by atoms with van der Waals surface area (Å²) in [6.07, 6.45) is 9.66. The molecule has 2 saturated heterocycles. The summed E-state index contributed by atoms with van der Waals surface area (Å²) in [5.41, 5.74) is 9.09. The van der Waals surface area contributed by atoms with Crippen molar-refractivity contribution in [3.63, 3.8) is 0 Å². The van der Waals surface area contributed by atoms with Gasteiger partial charge in [0.2, 0.25) is 5.91 Å². The second-order valence-corrected chi connectivity index (χ2v) is 8.49. The number of hydrogen-bond donors (Lipinski definition) is 2. The predicted octanol–water partition coefficient (Wildman–Crippen LogP) is 3.41. The zero-order valence-corrected chi connectivity index (χ0v) is 16.0. The quantitative estimate of drug-likeness (QED) is 0.851. The largest absolute Gasteiger partial charge is 0.296 e. The van der Waals surface area contributed by atoms with Crippen molar-refractivity contribution in [1.29, 1.82) is 0 Å². The first-order chi connectivity index (χ1) is 12.7. The van der Waals surface area contributed by atoms with E-state index >= 15 is 0 Å². The van der Waals surface area contributed by atoms with E-state index in [0.717, 1.165) is 25.4 Å². The van der Waals surface area contributed by atoms with E-state index in [1.165, 1.54) is 56.2 Å². The van der Waals surface area contributed by atoms with Crippen molar-refractivity contribution in [1.82, 2.24) is 15.8 Å². The van der Waals surface area contributed by atoms with E-state index in [2.05, 4.69) is 46.9 Å². The molecule has 0 radical (unpaired) electrons. The molecule has 2 N–H and O–H groups in total. The van der Waals surface area contributed by atoms with Crippen LogP contribution in [0.15, 0.2) is 24.3 Å². The first-order valence-corrected chi connectivity index (χ1v) is 10.6. The Bertz CT molecular complexity index is 632. The molecular formula is C22H33N3O. The number of benzene rings is 1. The molecule has 2 heterocycles. The molecule has 142 valence electrons. The lowest BCUT2D eigenvalue weighted by Gasteiger charge is -2.41. The Morgan fingerprint density at radius 1 is 1.12 bits per heavy atom. The summed E-state index contributed by atoms with van der Waals surface area (Å²) in [6, 6.07) is 10.2. The van der Waals surface area contributed by atoms with Gasteiger partial charge in [0.15, 0.2) is 0 Å². The topological polar surface area (TPSA) is 44.4 Å². The fourth-order valence-electron chi connectivity index (χ4n) is 5.44. The summed E-state index contributed by atoms with van der Waals surface area (Å²) in [5, 5.41) is 0. The number of rotatable bonds is 5. The normalized spacial score (nSPS) is 32.3. The van der Waals surface area contributed by atoms with Crippen LogP contribution in [0.2, 0.25) is 0 Å². The lowest BCUT2D eigenvalue weighted by Crippen LogP contribution is -2.60. The summed E-state index contributed by atoms with van der Waals surface area (Å²) in [6.45, 7) is 4.62. The molecule has 4 unspecified atom stereocenters. The summed E-state index contributed by atoms with van der Waals surface area (Å²) in [7, 11) is 0. The molecule has 26 heavy (non-hydrogen) atoms. The summed E-state index contributed by atoms with van der Waals surface area (Å²) < 4.78 is 0. The Balaban J connectivity index is 1.42. The van der Waals surface area contributed by atoms with Gasteiger partial charge in [-0.2, -0.15) is 0 Å². The SMILES string of the molecule is CCC1CCCN1Cc1cccc(CC2NNC(=O)C3CCCCC23)c1. The molecule has 1 saturated carbocycles. The van der Waals surface area contributed by atoms with E-state index in [-0.39, 0.29) is 11.8 Å². The average Bonchev–Trinajstić information content (AvgIpc) is 3.12.